The Balaban J connectivity index is 1.61. The number of carbonyl (C=O) groups is 1. The van der Waals surface area contributed by atoms with Crippen LogP contribution in [0.25, 0.3) is 33.3 Å². The number of aryl methyl sites for hydroxylation is 1. The van der Waals surface area contributed by atoms with Crippen LogP contribution in [-0.4, -0.2) is 33.3 Å². The molecule has 1 atom stereocenters. The minimum Gasteiger partial charge on any atom is -0.354 e. The molecule has 2 aromatic carbocycles. The second-order valence-electron chi connectivity index (χ2n) is 9.81. The van der Waals surface area contributed by atoms with Gasteiger partial charge >= 0.3 is 0 Å². The lowest BCUT2D eigenvalue weighted by Crippen LogP contribution is -2.23. The Kier molecular flexibility index (Phi) is 8.19. The van der Waals surface area contributed by atoms with E-state index in [-0.39, 0.29) is 33.4 Å². The fourth-order valence-electron chi connectivity index (χ4n) is 5.05. The number of halogens is 5. The first-order valence-corrected chi connectivity index (χ1v) is 13.0. The average Bonchev–Trinajstić information content (AvgIpc) is 3.37. The van der Waals surface area contributed by atoms with Crippen molar-refractivity contribution in [3.8, 4) is 22.4 Å². The van der Waals surface area contributed by atoms with Crippen molar-refractivity contribution in [3.05, 3.63) is 106 Å². The van der Waals surface area contributed by atoms with Crippen molar-refractivity contribution in [1.29, 1.82) is 0 Å². The van der Waals surface area contributed by atoms with Gasteiger partial charge in [0, 0.05) is 43.4 Å². The number of fused-ring (bicyclic) bond motifs is 1. The number of alkyl halides is 4. The number of pyridine rings is 2. The molecule has 0 spiro atoms. The molecular formula is C31H25F5N4O2. The van der Waals surface area contributed by atoms with Crippen LogP contribution in [0.1, 0.15) is 23.5 Å². The molecule has 5 aromatic rings. The van der Waals surface area contributed by atoms with Crippen molar-refractivity contribution >= 4 is 22.6 Å². The van der Waals surface area contributed by atoms with Crippen LogP contribution in [0, 0.1) is 5.82 Å². The van der Waals surface area contributed by atoms with Gasteiger partial charge in [-0.1, -0.05) is 42.5 Å². The monoisotopic (exact) mass is 580 g/mol. The molecule has 3 heterocycles. The van der Waals surface area contributed by atoms with Crippen LogP contribution < -0.4 is 10.9 Å². The maximum atomic E-state index is 13.5. The van der Waals surface area contributed by atoms with Gasteiger partial charge in [-0.15, -0.1) is 0 Å². The highest BCUT2D eigenvalue weighted by molar-refractivity contribution is 6.05. The summed E-state index contributed by atoms with van der Waals surface area (Å²) in [4.78, 5) is 33.8. The van der Waals surface area contributed by atoms with Gasteiger partial charge in [0.1, 0.15) is 11.6 Å². The van der Waals surface area contributed by atoms with Crippen LogP contribution in [-0.2, 0) is 18.3 Å². The minimum absolute atomic E-state index is 0.0391. The van der Waals surface area contributed by atoms with Crippen LogP contribution >= 0.6 is 0 Å². The summed E-state index contributed by atoms with van der Waals surface area (Å²) in [5.74, 6) is -2.57. The summed E-state index contributed by atoms with van der Waals surface area (Å²) < 4.78 is 68.4. The van der Waals surface area contributed by atoms with E-state index < -0.39 is 43.3 Å². The standard InChI is InChI=1S/C31H25F5N4O2/c1-40-16-20(13-23(33)34)29-27(31(40)42)26(18-5-3-2-4-6-18)28(39-29)19-11-12-37-25(14-19)38-30(41)22(15-24(35)36)17-7-9-21(32)10-8-17/h2-12,14,16,22-24,39H,13,15H2,1H3,(H,37,38,41)/t22-/m1/s1. The highest BCUT2D eigenvalue weighted by Gasteiger charge is 2.26. The number of hydrogen-bond donors (Lipinski definition) is 2. The lowest BCUT2D eigenvalue weighted by molar-refractivity contribution is -0.118. The van der Waals surface area contributed by atoms with Gasteiger partial charge in [0.15, 0.2) is 0 Å². The Hall–Kier alpha value is -4.80. The van der Waals surface area contributed by atoms with Crippen molar-refractivity contribution in [1.82, 2.24) is 14.5 Å². The molecule has 0 saturated carbocycles. The van der Waals surface area contributed by atoms with Gasteiger partial charge in [-0.3, -0.25) is 9.59 Å². The number of rotatable bonds is 9. The Morgan fingerprint density at radius 2 is 1.69 bits per heavy atom. The number of amides is 1. The number of benzene rings is 2. The van der Waals surface area contributed by atoms with E-state index in [1.807, 2.05) is 0 Å². The molecule has 216 valence electrons. The highest BCUT2D eigenvalue weighted by Crippen LogP contribution is 2.38. The maximum absolute atomic E-state index is 13.5. The van der Waals surface area contributed by atoms with Gasteiger partial charge in [0.2, 0.25) is 18.8 Å². The van der Waals surface area contributed by atoms with E-state index in [4.69, 9.17) is 0 Å². The molecule has 0 aliphatic carbocycles. The Bertz CT molecular complexity index is 1780. The van der Waals surface area contributed by atoms with Gasteiger partial charge in [0.05, 0.1) is 22.5 Å². The van der Waals surface area contributed by atoms with Gasteiger partial charge in [0.25, 0.3) is 5.56 Å². The molecule has 0 unspecified atom stereocenters. The second kappa shape index (κ2) is 12.0. The molecule has 11 heteroatoms. The van der Waals surface area contributed by atoms with Crippen LogP contribution in [0.4, 0.5) is 27.8 Å². The quantitative estimate of drug-likeness (QED) is 0.186. The van der Waals surface area contributed by atoms with Crippen molar-refractivity contribution in [2.45, 2.75) is 31.6 Å². The fraction of sp³-hybridized carbons (Fsp3) is 0.194. The van der Waals surface area contributed by atoms with E-state index in [0.29, 0.717) is 22.4 Å². The van der Waals surface area contributed by atoms with Crippen LogP contribution in [0.2, 0.25) is 0 Å². The number of aromatic nitrogens is 3. The normalized spacial score (nSPS) is 12.3. The largest absolute Gasteiger partial charge is 0.354 e. The Morgan fingerprint density at radius 1 is 0.976 bits per heavy atom. The van der Waals surface area contributed by atoms with Gasteiger partial charge in [-0.05, 0) is 41.0 Å². The molecule has 0 fully saturated rings. The third-order valence-corrected chi connectivity index (χ3v) is 6.94. The van der Waals surface area contributed by atoms with E-state index in [1.54, 1.807) is 36.4 Å². The predicted molar refractivity (Wildman–Crippen MR) is 150 cm³/mol. The molecule has 0 saturated heterocycles. The van der Waals surface area contributed by atoms with Crippen LogP contribution in [0.3, 0.4) is 0 Å². The number of aromatic amines is 1. The number of H-pyrrole nitrogens is 1. The first-order chi connectivity index (χ1) is 20.1. The zero-order valence-electron chi connectivity index (χ0n) is 22.3. The average molecular weight is 581 g/mol. The number of carbonyl (C=O) groups excluding carboxylic acids is 1. The van der Waals surface area contributed by atoms with Crippen LogP contribution in [0.5, 0.6) is 0 Å². The summed E-state index contributed by atoms with van der Waals surface area (Å²) in [5.41, 5.74) is 2.37. The summed E-state index contributed by atoms with van der Waals surface area (Å²) in [5, 5.41) is 2.79. The van der Waals surface area contributed by atoms with Gasteiger partial charge in [-0.2, -0.15) is 0 Å². The molecule has 0 aliphatic rings. The first kappa shape index (κ1) is 28.7. The lowest BCUT2D eigenvalue weighted by Gasteiger charge is -2.17. The first-order valence-electron chi connectivity index (χ1n) is 13.0. The SMILES string of the molecule is Cn1cc(CC(F)F)c2[nH]c(-c3ccnc(NC(=O)[C@H](CC(F)F)c4ccc(F)cc4)c3)c(-c3ccccc3)c2c1=O. The Morgan fingerprint density at radius 3 is 2.36 bits per heavy atom. The topological polar surface area (TPSA) is 79.8 Å². The van der Waals surface area contributed by atoms with E-state index in [9.17, 15) is 31.5 Å². The zero-order valence-corrected chi connectivity index (χ0v) is 22.3. The van der Waals surface area contributed by atoms with E-state index >= 15 is 0 Å². The summed E-state index contributed by atoms with van der Waals surface area (Å²) in [7, 11) is 1.50. The molecule has 0 bridgehead atoms. The predicted octanol–water partition coefficient (Wildman–Crippen LogP) is 6.92. The minimum atomic E-state index is -2.80. The molecule has 42 heavy (non-hydrogen) atoms. The lowest BCUT2D eigenvalue weighted by atomic mass is 9.95. The molecule has 2 N–H and O–H groups in total. The summed E-state index contributed by atoms with van der Waals surface area (Å²) in [6.07, 6.45) is -4.04. The van der Waals surface area contributed by atoms with Crippen molar-refractivity contribution in [2.24, 2.45) is 7.05 Å². The van der Waals surface area contributed by atoms with E-state index in [2.05, 4.69) is 15.3 Å². The van der Waals surface area contributed by atoms with E-state index in [1.165, 1.54) is 42.2 Å². The summed E-state index contributed by atoms with van der Waals surface area (Å²) in [6, 6.07) is 16.8. The van der Waals surface area contributed by atoms with Crippen molar-refractivity contribution < 1.29 is 26.7 Å². The molecule has 6 nitrogen and oxygen atoms in total. The van der Waals surface area contributed by atoms with Crippen molar-refractivity contribution in [2.75, 3.05) is 5.32 Å². The summed E-state index contributed by atoms with van der Waals surface area (Å²) in [6.45, 7) is 0. The van der Waals surface area contributed by atoms with Gasteiger partial charge in [-0.25, -0.2) is 26.9 Å². The molecular weight excluding hydrogens is 555 g/mol. The number of hydrogen-bond acceptors (Lipinski definition) is 3. The van der Waals surface area contributed by atoms with Crippen LogP contribution in [0.15, 0.2) is 83.9 Å². The van der Waals surface area contributed by atoms with Crippen molar-refractivity contribution in [3.63, 3.8) is 0 Å². The third-order valence-electron chi connectivity index (χ3n) is 6.94. The molecule has 5 rings (SSSR count). The molecule has 0 aliphatic heterocycles. The summed E-state index contributed by atoms with van der Waals surface area (Å²) >= 11 is 0. The number of nitrogens with one attached hydrogen (secondary N) is 2. The Labute approximate surface area is 236 Å². The van der Waals surface area contributed by atoms with Gasteiger partial charge < -0.3 is 14.9 Å². The molecule has 3 aromatic heterocycles. The highest BCUT2D eigenvalue weighted by atomic mass is 19.3. The smallest absolute Gasteiger partial charge is 0.260 e. The number of anilines is 1. The molecule has 1 amide bonds. The molecule has 0 radical (unpaired) electrons. The number of nitrogens with zero attached hydrogens (tertiary/aromatic N) is 2. The third kappa shape index (κ3) is 5.95. The zero-order chi connectivity index (χ0) is 30.0. The second-order valence-corrected chi connectivity index (χ2v) is 9.81. The van der Waals surface area contributed by atoms with E-state index in [0.717, 1.165) is 12.1 Å². The fourth-order valence-corrected chi connectivity index (χ4v) is 5.05. The maximum Gasteiger partial charge on any atom is 0.260 e.